The van der Waals surface area contributed by atoms with Crippen LogP contribution < -0.4 is 0 Å². The fraction of sp³-hybridized carbons (Fsp3) is 0.250. The lowest BCUT2D eigenvalue weighted by Gasteiger charge is -2.12. The standard InChI is InChI=1S/C16H19O4P/c17-21(18,20-14-16-9-5-2-6-10-16)12-11-19-13-15-7-3-1-4-8-15/h1-10H,11-14H2,(H,17,18). The minimum atomic E-state index is -3.60. The lowest BCUT2D eigenvalue weighted by molar-refractivity contribution is 0.129. The van der Waals surface area contributed by atoms with Gasteiger partial charge in [0.15, 0.2) is 0 Å². The maximum Gasteiger partial charge on any atom is 0.330 e. The SMILES string of the molecule is O=P(O)(CCOCc1ccccc1)OCc1ccccc1. The Morgan fingerprint density at radius 1 is 0.857 bits per heavy atom. The smallest absolute Gasteiger partial charge is 0.330 e. The van der Waals surface area contributed by atoms with Gasteiger partial charge in [-0.25, -0.2) is 0 Å². The molecule has 21 heavy (non-hydrogen) atoms. The average Bonchev–Trinajstić information content (AvgIpc) is 2.52. The van der Waals surface area contributed by atoms with Gasteiger partial charge in [0.2, 0.25) is 0 Å². The van der Waals surface area contributed by atoms with Crippen molar-refractivity contribution >= 4 is 7.60 Å². The lowest BCUT2D eigenvalue weighted by atomic mass is 10.2. The minimum absolute atomic E-state index is 0.00727. The van der Waals surface area contributed by atoms with Crippen molar-refractivity contribution in [2.24, 2.45) is 0 Å². The highest BCUT2D eigenvalue weighted by atomic mass is 31.2. The number of hydrogen-bond acceptors (Lipinski definition) is 3. The van der Waals surface area contributed by atoms with Crippen LogP contribution in [0.1, 0.15) is 11.1 Å². The van der Waals surface area contributed by atoms with Gasteiger partial charge in [-0.15, -0.1) is 0 Å². The Kier molecular flexibility index (Phi) is 6.15. The van der Waals surface area contributed by atoms with Crippen molar-refractivity contribution in [3.63, 3.8) is 0 Å². The molecule has 0 aliphatic rings. The molecule has 0 amide bonds. The Bertz CT molecular complexity index is 571. The summed E-state index contributed by atoms with van der Waals surface area (Å²) in [6.07, 6.45) is -0.00727. The van der Waals surface area contributed by atoms with E-state index in [4.69, 9.17) is 9.26 Å². The molecule has 0 saturated carbocycles. The summed E-state index contributed by atoms with van der Waals surface area (Å²) < 4.78 is 22.3. The van der Waals surface area contributed by atoms with Gasteiger partial charge in [0.25, 0.3) is 0 Å². The van der Waals surface area contributed by atoms with E-state index in [0.29, 0.717) is 6.61 Å². The molecule has 4 nitrogen and oxygen atoms in total. The van der Waals surface area contributed by atoms with Crippen LogP contribution in [-0.2, 0) is 27.0 Å². The summed E-state index contributed by atoms with van der Waals surface area (Å²) in [5.41, 5.74) is 1.91. The van der Waals surface area contributed by atoms with Crippen molar-refractivity contribution in [3.05, 3.63) is 71.8 Å². The summed E-state index contributed by atoms with van der Waals surface area (Å²) in [6.45, 7) is 0.754. The molecule has 1 atom stereocenters. The first-order valence-corrected chi connectivity index (χ1v) is 8.54. The Morgan fingerprint density at radius 2 is 1.38 bits per heavy atom. The molecule has 0 aliphatic carbocycles. The second-order valence-electron chi connectivity index (χ2n) is 4.66. The van der Waals surface area contributed by atoms with Gasteiger partial charge in [0.05, 0.1) is 26.0 Å². The zero-order valence-corrected chi connectivity index (χ0v) is 12.6. The highest BCUT2D eigenvalue weighted by Crippen LogP contribution is 2.42. The molecular weight excluding hydrogens is 287 g/mol. The number of ether oxygens (including phenoxy) is 1. The van der Waals surface area contributed by atoms with E-state index in [1.165, 1.54) is 0 Å². The van der Waals surface area contributed by atoms with Gasteiger partial charge in [0.1, 0.15) is 0 Å². The van der Waals surface area contributed by atoms with Gasteiger partial charge in [-0.05, 0) is 11.1 Å². The molecule has 2 aromatic rings. The predicted molar refractivity (Wildman–Crippen MR) is 82.0 cm³/mol. The Labute approximate surface area is 124 Å². The number of rotatable bonds is 8. The largest absolute Gasteiger partial charge is 0.376 e. The van der Waals surface area contributed by atoms with Gasteiger partial charge in [-0.1, -0.05) is 60.7 Å². The molecule has 112 valence electrons. The van der Waals surface area contributed by atoms with Crippen molar-refractivity contribution in [3.8, 4) is 0 Å². The van der Waals surface area contributed by atoms with E-state index < -0.39 is 7.60 Å². The molecule has 1 N–H and O–H groups in total. The third kappa shape index (κ3) is 6.23. The van der Waals surface area contributed by atoms with Crippen molar-refractivity contribution in [1.82, 2.24) is 0 Å². The van der Waals surface area contributed by atoms with E-state index in [0.717, 1.165) is 11.1 Å². The molecule has 0 spiro atoms. The topological polar surface area (TPSA) is 55.8 Å². The molecule has 0 aromatic heterocycles. The van der Waals surface area contributed by atoms with E-state index in [-0.39, 0.29) is 19.4 Å². The highest BCUT2D eigenvalue weighted by Gasteiger charge is 2.18. The fourth-order valence-corrected chi connectivity index (χ4v) is 2.60. The van der Waals surface area contributed by atoms with Gasteiger partial charge in [-0.3, -0.25) is 4.57 Å². The number of hydrogen-bond donors (Lipinski definition) is 1. The molecule has 0 radical (unpaired) electrons. The second kappa shape index (κ2) is 8.11. The van der Waals surface area contributed by atoms with Gasteiger partial charge in [0, 0.05) is 0 Å². The van der Waals surface area contributed by atoms with Crippen LogP contribution in [0.3, 0.4) is 0 Å². The molecule has 0 fully saturated rings. The quantitative estimate of drug-likeness (QED) is 0.598. The van der Waals surface area contributed by atoms with E-state index in [9.17, 15) is 9.46 Å². The maximum absolute atomic E-state index is 11.9. The van der Waals surface area contributed by atoms with Crippen LogP contribution in [0.2, 0.25) is 0 Å². The molecule has 1 unspecified atom stereocenters. The highest BCUT2D eigenvalue weighted by molar-refractivity contribution is 7.52. The number of benzene rings is 2. The van der Waals surface area contributed by atoms with Gasteiger partial charge >= 0.3 is 7.60 Å². The molecule has 2 aromatic carbocycles. The summed E-state index contributed by atoms with van der Waals surface area (Å²) in [7, 11) is -3.60. The summed E-state index contributed by atoms with van der Waals surface area (Å²) >= 11 is 0. The Morgan fingerprint density at radius 3 is 1.95 bits per heavy atom. The van der Waals surface area contributed by atoms with Gasteiger partial charge < -0.3 is 14.2 Å². The molecule has 5 heteroatoms. The maximum atomic E-state index is 11.9. The zero-order chi connectivity index (χ0) is 15.0. The van der Waals surface area contributed by atoms with Crippen molar-refractivity contribution < 1.29 is 18.7 Å². The average molecular weight is 306 g/mol. The zero-order valence-electron chi connectivity index (χ0n) is 11.7. The van der Waals surface area contributed by atoms with Crippen LogP contribution in [0.15, 0.2) is 60.7 Å². The fourth-order valence-electron chi connectivity index (χ4n) is 1.76. The molecule has 0 heterocycles. The molecular formula is C16H19O4P. The first kappa shape index (κ1) is 15.9. The van der Waals surface area contributed by atoms with Crippen LogP contribution in [0.25, 0.3) is 0 Å². The van der Waals surface area contributed by atoms with E-state index >= 15 is 0 Å². The third-order valence-electron chi connectivity index (χ3n) is 2.91. The second-order valence-corrected chi connectivity index (χ2v) is 6.64. The van der Waals surface area contributed by atoms with E-state index in [1.54, 1.807) is 0 Å². The van der Waals surface area contributed by atoms with Crippen LogP contribution in [0, 0.1) is 0 Å². The summed E-state index contributed by atoms with van der Waals surface area (Å²) in [5, 5.41) is 0. The van der Waals surface area contributed by atoms with Crippen LogP contribution in [0.5, 0.6) is 0 Å². The van der Waals surface area contributed by atoms with Crippen molar-refractivity contribution in [1.29, 1.82) is 0 Å². The first-order valence-electron chi connectivity index (χ1n) is 6.78. The normalized spacial score (nSPS) is 13.8. The molecule has 0 aliphatic heterocycles. The Hall–Kier alpha value is -1.45. The molecule has 0 bridgehead atoms. The van der Waals surface area contributed by atoms with Crippen molar-refractivity contribution in [2.75, 3.05) is 12.8 Å². The van der Waals surface area contributed by atoms with Crippen LogP contribution >= 0.6 is 7.60 Å². The van der Waals surface area contributed by atoms with E-state index in [1.807, 2.05) is 60.7 Å². The van der Waals surface area contributed by atoms with Crippen LogP contribution in [0.4, 0.5) is 0 Å². The predicted octanol–water partition coefficient (Wildman–Crippen LogP) is 3.61. The lowest BCUT2D eigenvalue weighted by Crippen LogP contribution is -2.03. The monoisotopic (exact) mass is 306 g/mol. The Balaban J connectivity index is 1.68. The summed E-state index contributed by atoms with van der Waals surface area (Å²) in [5.74, 6) is 0. The third-order valence-corrected chi connectivity index (χ3v) is 4.19. The minimum Gasteiger partial charge on any atom is -0.376 e. The molecule has 0 saturated heterocycles. The summed E-state index contributed by atoms with van der Waals surface area (Å²) in [6, 6.07) is 19.0. The molecule has 2 rings (SSSR count). The summed E-state index contributed by atoms with van der Waals surface area (Å²) in [4.78, 5) is 9.73. The van der Waals surface area contributed by atoms with Gasteiger partial charge in [-0.2, -0.15) is 0 Å². The van der Waals surface area contributed by atoms with Crippen LogP contribution in [-0.4, -0.2) is 17.7 Å². The first-order chi connectivity index (χ1) is 10.2. The van der Waals surface area contributed by atoms with E-state index in [2.05, 4.69) is 0 Å². The van der Waals surface area contributed by atoms with Crippen molar-refractivity contribution in [2.45, 2.75) is 13.2 Å².